The van der Waals surface area contributed by atoms with E-state index in [1.807, 2.05) is 112 Å². The zero-order chi connectivity index (χ0) is 32.5. The lowest BCUT2D eigenvalue weighted by molar-refractivity contribution is -0.140. The van der Waals surface area contributed by atoms with Crippen LogP contribution in [0.25, 0.3) is 0 Å². The predicted octanol–water partition coefficient (Wildman–Crippen LogP) is 5.59. The molecule has 0 aromatic heterocycles. The fourth-order valence-electron chi connectivity index (χ4n) is 4.85. The summed E-state index contributed by atoms with van der Waals surface area (Å²) in [5.74, 6) is -0.255. The van der Waals surface area contributed by atoms with Gasteiger partial charge >= 0.3 is 0 Å². The molecular formula is C36H41N3O5S. The zero-order valence-electron chi connectivity index (χ0n) is 26.2. The van der Waals surface area contributed by atoms with Gasteiger partial charge in [0.1, 0.15) is 24.9 Å². The second-order valence-electron chi connectivity index (χ2n) is 12.0. The maximum absolute atomic E-state index is 14.2. The van der Waals surface area contributed by atoms with Crippen LogP contribution in [0.15, 0.2) is 115 Å². The topological polar surface area (TPSA) is 96.0 Å². The Morgan fingerprint density at radius 1 is 0.756 bits per heavy atom. The van der Waals surface area contributed by atoms with Crippen LogP contribution >= 0.6 is 0 Å². The number of sulfonamides is 1. The molecule has 0 spiro atoms. The molecule has 4 rings (SSSR count). The van der Waals surface area contributed by atoms with Gasteiger partial charge in [0.25, 0.3) is 0 Å². The van der Waals surface area contributed by atoms with Crippen molar-refractivity contribution in [1.82, 2.24) is 10.2 Å². The van der Waals surface area contributed by atoms with E-state index in [1.54, 1.807) is 24.3 Å². The summed E-state index contributed by atoms with van der Waals surface area (Å²) in [6, 6.07) is 34.2. The van der Waals surface area contributed by atoms with E-state index in [0.29, 0.717) is 18.0 Å². The van der Waals surface area contributed by atoms with E-state index >= 15 is 0 Å². The van der Waals surface area contributed by atoms with E-state index in [4.69, 9.17) is 4.74 Å². The van der Waals surface area contributed by atoms with E-state index < -0.39 is 34.1 Å². The van der Waals surface area contributed by atoms with Gasteiger partial charge in [-0.3, -0.25) is 13.9 Å². The summed E-state index contributed by atoms with van der Waals surface area (Å²) in [4.78, 5) is 29.5. The van der Waals surface area contributed by atoms with Gasteiger partial charge in [-0.25, -0.2) is 8.42 Å². The monoisotopic (exact) mass is 627 g/mol. The van der Waals surface area contributed by atoms with Crippen molar-refractivity contribution in [2.45, 2.75) is 51.9 Å². The molecule has 4 aromatic carbocycles. The molecule has 0 saturated carbocycles. The standard InChI is InChI=1S/C36H41N3O5S/c1-36(2,3)37-35(41)33(24-28-14-8-5-9-15-28)38(25-29-16-10-6-11-17-29)34(40)26-39(45(4,42)43)31-20-22-32(23-21-31)44-27-30-18-12-7-13-19-30/h5-23,33H,24-27H2,1-4H3,(H,37,41)/t33-/m1/s1. The highest BCUT2D eigenvalue weighted by molar-refractivity contribution is 7.92. The molecule has 45 heavy (non-hydrogen) atoms. The van der Waals surface area contributed by atoms with Crippen LogP contribution in [0.4, 0.5) is 5.69 Å². The van der Waals surface area contributed by atoms with Crippen molar-refractivity contribution >= 4 is 27.5 Å². The maximum Gasteiger partial charge on any atom is 0.244 e. The normalized spacial score (nSPS) is 12.2. The van der Waals surface area contributed by atoms with Crippen molar-refractivity contribution < 1.29 is 22.7 Å². The van der Waals surface area contributed by atoms with Crippen LogP contribution in [0.2, 0.25) is 0 Å². The van der Waals surface area contributed by atoms with Gasteiger partial charge in [0, 0.05) is 18.5 Å². The molecule has 0 bridgehead atoms. The third kappa shape index (κ3) is 10.2. The lowest BCUT2D eigenvalue weighted by Gasteiger charge is -2.35. The molecule has 9 heteroatoms. The fourth-order valence-corrected chi connectivity index (χ4v) is 5.70. The number of hydrogen-bond donors (Lipinski definition) is 1. The van der Waals surface area contributed by atoms with Crippen LogP contribution in [0.3, 0.4) is 0 Å². The average Bonchev–Trinajstić information content (AvgIpc) is 3.01. The molecule has 0 saturated heterocycles. The first kappa shape index (κ1) is 33.3. The van der Waals surface area contributed by atoms with Gasteiger partial charge in [0.05, 0.1) is 11.9 Å². The lowest BCUT2D eigenvalue weighted by atomic mass is 10.0. The van der Waals surface area contributed by atoms with Crippen LogP contribution in [-0.4, -0.2) is 49.5 Å². The van der Waals surface area contributed by atoms with Gasteiger partial charge in [-0.2, -0.15) is 0 Å². The van der Waals surface area contributed by atoms with Gasteiger partial charge in [-0.1, -0.05) is 91.0 Å². The van der Waals surface area contributed by atoms with Crippen LogP contribution < -0.4 is 14.4 Å². The molecule has 0 aliphatic rings. The summed E-state index contributed by atoms with van der Waals surface area (Å²) in [5, 5.41) is 3.03. The van der Waals surface area contributed by atoms with Crippen LogP contribution in [0, 0.1) is 0 Å². The Kier molecular flexibility index (Phi) is 11.0. The molecule has 0 radical (unpaired) electrons. The minimum atomic E-state index is -3.88. The van der Waals surface area contributed by atoms with Gasteiger partial charge in [0.2, 0.25) is 21.8 Å². The number of hydrogen-bond acceptors (Lipinski definition) is 5. The number of benzene rings is 4. The molecule has 1 atom stereocenters. The van der Waals surface area contributed by atoms with Crippen LogP contribution in [-0.2, 0) is 39.2 Å². The second kappa shape index (κ2) is 14.9. The number of carbonyl (C=O) groups is 2. The summed E-state index contributed by atoms with van der Waals surface area (Å²) < 4.78 is 33.1. The minimum absolute atomic E-state index is 0.124. The number of amides is 2. The third-order valence-corrected chi connectivity index (χ3v) is 8.16. The van der Waals surface area contributed by atoms with Crippen molar-refractivity contribution in [3.8, 4) is 5.75 Å². The van der Waals surface area contributed by atoms with Crippen molar-refractivity contribution in [1.29, 1.82) is 0 Å². The first-order chi connectivity index (χ1) is 21.4. The summed E-state index contributed by atoms with van der Waals surface area (Å²) in [5.41, 5.74) is 2.47. The third-order valence-electron chi connectivity index (χ3n) is 7.02. The summed E-state index contributed by atoms with van der Waals surface area (Å²) in [7, 11) is -3.88. The van der Waals surface area contributed by atoms with E-state index in [0.717, 1.165) is 27.3 Å². The molecule has 4 aromatic rings. The molecule has 236 valence electrons. The van der Waals surface area contributed by atoms with Crippen molar-refractivity contribution in [2.75, 3.05) is 17.1 Å². The first-order valence-electron chi connectivity index (χ1n) is 14.8. The summed E-state index contributed by atoms with van der Waals surface area (Å²) in [6.45, 7) is 5.65. The molecule has 0 heterocycles. The van der Waals surface area contributed by atoms with Gasteiger partial charge in [-0.15, -0.1) is 0 Å². The van der Waals surface area contributed by atoms with E-state index in [-0.39, 0.29) is 18.9 Å². The smallest absolute Gasteiger partial charge is 0.244 e. The molecule has 2 amide bonds. The average molecular weight is 628 g/mol. The maximum atomic E-state index is 14.2. The molecule has 8 nitrogen and oxygen atoms in total. The highest BCUT2D eigenvalue weighted by Crippen LogP contribution is 2.24. The molecule has 1 N–H and O–H groups in total. The van der Waals surface area contributed by atoms with Crippen LogP contribution in [0.5, 0.6) is 5.75 Å². The fraction of sp³-hybridized carbons (Fsp3) is 0.278. The number of nitrogens with one attached hydrogen (secondary N) is 1. The second-order valence-corrected chi connectivity index (χ2v) is 13.9. The highest BCUT2D eigenvalue weighted by Gasteiger charge is 2.34. The summed E-state index contributed by atoms with van der Waals surface area (Å²) >= 11 is 0. The number of anilines is 1. The highest BCUT2D eigenvalue weighted by atomic mass is 32.2. The largest absolute Gasteiger partial charge is 0.489 e. The molecule has 0 unspecified atom stereocenters. The van der Waals surface area contributed by atoms with Crippen LogP contribution in [0.1, 0.15) is 37.5 Å². The van der Waals surface area contributed by atoms with Gasteiger partial charge < -0.3 is 15.0 Å². The Bertz CT molecular complexity index is 1640. The van der Waals surface area contributed by atoms with E-state index in [9.17, 15) is 18.0 Å². The Balaban J connectivity index is 1.64. The Labute approximate surface area is 266 Å². The first-order valence-corrected chi connectivity index (χ1v) is 16.7. The van der Waals surface area contributed by atoms with Crippen molar-refractivity contribution in [2.24, 2.45) is 0 Å². The number of rotatable bonds is 13. The summed E-state index contributed by atoms with van der Waals surface area (Å²) in [6.07, 6.45) is 1.32. The quantitative estimate of drug-likeness (QED) is 0.209. The zero-order valence-corrected chi connectivity index (χ0v) is 27.0. The Morgan fingerprint density at radius 3 is 1.78 bits per heavy atom. The predicted molar refractivity (Wildman–Crippen MR) is 178 cm³/mol. The van der Waals surface area contributed by atoms with Gasteiger partial charge in [0.15, 0.2) is 0 Å². The van der Waals surface area contributed by atoms with Gasteiger partial charge in [-0.05, 0) is 61.7 Å². The number of ether oxygens (including phenoxy) is 1. The van der Waals surface area contributed by atoms with E-state index in [1.165, 1.54) is 4.90 Å². The minimum Gasteiger partial charge on any atom is -0.489 e. The molecule has 0 aliphatic heterocycles. The van der Waals surface area contributed by atoms with E-state index in [2.05, 4.69) is 5.32 Å². The SMILES string of the molecule is CC(C)(C)NC(=O)[C@@H](Cc1ccccc1)N(Cc1ccccc1)C(=O)CN(c1ccc(OCc2ccccc2)cc1)S(C)(=O)=O. The molecule has 0 aliphatic carbocycles. The molecule has 0 fully saturated rings. The van der Waals surface area contributed by atoms with Crippen molar-refractivity contribution in [3.05, 3.63) is 132 Å². The number of nitrogens with zero attached hydrogens (tertiary/aromatic N) is 2. The Hall–Kier alpha value is -4.63. The lowest BCUT2D eigenvalue weighted by Crippen LogP contribution is -2.56. The van der Waals surface area contributed by atoms with Crippen molar-refractivity contribution in [3.63, 3.8) is 0 Å². The number of carbonyl (C=O) groups excluding carboxylic acids is 2. The Morgan fingerprint density at radius 2 is 1.27 bits per heavy atom. The molecular weight excluding hydrogens is 586 g/mol.